The van der Waals surface area contributed by atoms with Crippen LogP contribution < -0.4 is 20.2 Å². The van der Waals surface area contributed by atoms with Crippen LogP contribution in [0, 0.1) is 5.92 Å². The molecule has 60 heavy (non-hydrogen) atoms. The van der Waals surface area contributed by atoms with Gasteiger partial charge in [0.1, 0.15) is 0 Å². The first-order valence-electron chi connectivity index (χ1n) is 21.3. The molecule has 2 heterocycles. The third-order valence-corrected chi connectivity index (χ3v) is 12.8. The lowest BCUT2D eigenvalue weighted by molar-refractivity contribution is -0.0442. The zero-order valence-corrected chi connectivity index (χ0v) is 34.3. The van der Waals surface area contributed by atoms with Gasteiger partial charge >= 0.3 is 0 Å². The standard InChI is InChI=1S/C54H48N2O4/c1-35-21-22-37-12-5-7-19-45(37)51(35)56(41-17-9-15-39(32-41)53-59-29-30-60-53)43-24-26-47-46-25-23-42(33-48(46)54(2,3)49(47)34-43)55(50-20-10-13-36-11-4-6-18-44(36)50)40-16-8-14-38(31-40)52-57-27-28-58-52/h4-20,22-26,31-35,52-53H,21,27-30H2,1-3H3. The van der Waals surface area contributed by atoms with Gasteiger partial charge in [0.2, 0.25) is 0 Å². The van der Waals surface area contributed by atoms with E-state index in [-0.39, 0.29) is 18.0 Å². The average Bonchev–Trinajstić information content (AvgIpc) is 4.08. The number of hydrogen-bond donors (Lipinski definition) is 0. The summed E-state index contributed by atoms with van der Waals surface area (Å²) >= 11 is 0. The summed E-state index contributed by atoms with van der Waals surface area (Å²) in [6.07, 6.45) is 2.63. The monoisotopic (exact) mass is 788 g/mol. The summed E-state index contributed by atoms with van der Waals surface area (Å²) in [5, 5.41) is 4.94. The second-order valence-corrected chi connectivity index (χ2v) is 16.9. The van der Waals surface area contributed by atoms with Crippen molar-refractivity contribution < 1.29 is 18.9 Å². The van der Waals surface area contributed by atoms with Crippen LogP contribution in [0.4, 0.5) is 28.4 Å². The summed E-state index contributed by atoms with van der Waals surface area (Å²) < 4.78 is 23.9. The minimum Gasteiger partial charge on any atom is -0.346 e. The van der Waals surface area contributed by atoms with Gasteiger partial charge in [-0.2, -0.15) is 0 Å². The van der Waals surface area contributed by atoms with Crippen LogP contribution in [0.3, 0.4) is 0 Å². The topological polar surface area (TPSA) is 43.4 Å². The second kappa shape index (κ2) is 14.9. The first kappa shape index (κ1) is 37.0. The van der Waals surface area contributed by atoms with Crippen molar-refractivity contribution in [3.05, 3.63) is 184 Å². The largest absolute Gasteiger partial charge is 0.346 e. The molecule has 2 fully saturated rings. The molecule has 4 aliphatic rings. The molecule has 0 saturated carbocycles. The van der Waals surface area contributed by atoms with Gasteiger partial charge in [-0.15, -0.1) is 0 Å². The molecule has 6 heteroatoms. The van der Waals surface area contributed by atoms with E-state index in [1.54, 1.807) is 0 Å². The van der Waals surface area contributed by atoms with Crippen LogP contribution in [-0.2, 0) is 24.4 Å². The summed E-state index contributed by atoms with van der Waals surface area (Å²) in [6.45, 7) is 9.52. The maximum Gasteiger partial charge on any atom is 0.184 e. The van der Waals surface area contributed by atoms with E-state index < -0.39 is 0 Å². The SMILES string of the molecule is CC1CC=c2ccccc2=C1N(c1cccc(C2OCCO2)c1)c1ccc2c(c1)C(C)(C)c1cc(N(c3cccc(C4OCCO4)c3)c3cccc4ccccc34)ccc1-2. The maximum absolute atomic E-state index is 5.99. The van der Waals surface area contributed by atoms with E-state index in [4.69, 9.17) is 18.9 Å². The van der Waals surface area contributed by atoms with Crippen molar-refractivity contribution in [1.82, 2.24) is 0 Å². The van der Waals surface area contributed by atoms with Crippen LogP contribution in [0.5, 0.6) is 0 Å². The summed E-state index contributed by atoms with van der Waals surface area (Å²) in [5.74, 6) is 0.300. The van der Waals surface area contributed by atoms with Crippen molar-refractivity contribution in [3.63, 3.8) is 0 Å². The second-order valence-electron chi connectivity index (χ2n) is 16.9. The van der Waals surface area contributed by atoms with Gasteiger partial charge in [0.15, 0.2) is 12.6 Å². The predicted octanol–water partition coefficient (Wildman–Crippen LogP) is 11.5. The molecule has 7 aromatic rings. The highest BCUT2D eigenvalue weighted by Gasteiger charge is 2.37. The summed E-state index contributed by atoms with van der Waals surface area (Å²) in [6, 6.07) is 55.5. The van der Waals surface area contributed by atoms with Crippen molar-refractivity contribution in [3.8, 4) is 11.1 Å². The fraction of sp³-hybridized carbons (Fsp3) is 0.222. The van der Waals surface area contributed by atoms with Crippen molar-refractivity contribution in [2.45, 2.75) is 45.2 Å². The van der Waals surface area contributed by atoms with E-state index in [2.05, 4.69) is 188 Å². The normalized spacial score (nSPS) is 18.2. The molecule has 0 spiro atoms. The minimum absolute atomic E-state index is 0.290. The van der Waals surface area contributed by atoms with Crippen LogP contribution in [0.2, 0.25) is 0 Å². The van der Waals surface area contributed by atoms with Gasteiger partial charge in [-0.1, -0.05) is 124 Å². The van der Waals surface area contributed by atoms with Crippen LogP contribution in [-0.4, -0.2) is 26.4 Å². The molecule has 0 aromatic heterocycles. The quantitative estimate of drug-likeness (QED) is 0.153. The third-order valence-electron chi connectivity index (χ3n) is 12.8. The molecule has 1 unspecified atom stereocenters. The number of benzene rings is 7. The highest BCUT2D eigenvalue weighted by Crippen LogP contribution is 2.53. The smallest absolute Gasteiger partial charge is 0.184 e. The fourth-order valence-electron chi connectivity index (χ4n) is 9.90. The van der Waals surface area contributed by atoms with Gasteiger partial charge in [0, 0.05) is 61.5 Å². The maximum atomic E-state index is 5.99. The molecule has 0 N–H and O–H groups in total. The molecular formula is C54H48N2O4. The zero-order chi connectivity index (χ0) is 40.4. The first-order chi connectivity index (χ1) is 29.4. The molecule has 1 atom stereocenters. The van der Waals surface area contributed by atoms with Crippen molar-refractivity contribution in [2.24, 2.45) is 5.92 Å². The van der Waals surface area contributed by atoms with Gasteiger partial charge in [-0.3, -0.25) is 0 Å². The van der Waals surface area contributed by atoms with Crippen molar-refractivity contribution in [1.29, 1.82) is 0 Å². The Morgan fingerprint density at radius 3 is 1.72 bits per heavy atom. The van der Waals surface area contributed by atoms with Crippen LogP contribution in [0.15, 0.2) is 152 Å². The molecule has 0 bridgehead atoms. The summed E-state index contributed by atoms with van der Waals surface area (Å²) in [5.41, 5.74) is 13.7. The zero-order valence-electron chi connectivity index (χ0n) is 34.3. The van der Waals surface area contributed by atoms with E-state index in [1.165, 1.54) is 49.2 Å². The Kier molecular flexibility index (Phi) is 9.20. The van der Waals surface area contributed by atoms with E-state index in [0.29, 0.717) is 32.3 Å². The number of nitrogens with zero attached hydrogens (tertiary/aromatic N) is 2. The first-order valence-corrected chi connectivity index (χ1v) is 21.3. The lowest BCUT2D eigenvalue weighted by atomic mass is 9.82. The number of ether oxygens (including phenoxy) is 4. The molecule has 11 rings (SSSR count). The van der Waals surface area contributed by atoms with E-state index in [0.717, 1.165) is 46.0 Å². The molecule has 0 amide bonds. The molecular weight excluding hydrogens is 741 g/mol. The van der Waals surface area contributed by atoms with Gasteiger partial charge in [-0.05, 0) is 93.9 Å². The Balaban J connectivity index is 1.05. The Hall–Kier alpha value is -6.02. The molecule has 2 saturated heterocycles. The van der Waals surface area contributed by atoms with E-state index in [9.17, 15) is 0 Å². The third kappa shape index (κ3) is 6.25. The fourth-order valence-corrected chi connectivity index (χ4v) is 9.90. The predicted molar refractivity (Wildman–Crippen MR) is 241 cm³/mol. The van der Waals surface area contributed by atoms with Gasteiger partial charge in [0.05, 0.1) is 32.1 Å². The Morgan fingerprint density at radius 1 is 0.517 bits per heavy atom. The molecule has 6 nitrogen and oxygen atoms in total. The van der Waals surface area contributed by atoms with Crippen LogP contribution >= 0.6 is 0 Å². The molecule has 0 radical (unpaired) electrons. The van der Waals surface area contributed by atoms with Gasteiger partial charge < -0.3 is 28.7 Å². The Bertz CT molecular complexity index is 2900. The van der Waals surface area contributed by atoms with Crippen LogP contribution in [0.1, 0.15) is 62.0 Å². The Morgan fingerprint density at radius 2 is 1.05 bits per heavy atom. The average molecular weight is 789 g/mol. The van der Waals surface area contributed by atoms with Crippen molar-refractivity contribution >= 4 is 51.0 Å². The lowest BCUT2D eigenvalue weighted by Gasteiger charge is -2.34. The lowest BCUT2D eigenvalue weighted by Crippen LogP contribution is -2.38. The summed E-state index contributed by atoms with van der Waals surface area (Å²) in [7, 11) is 0. The number of hydrogen-bond acceptors (Lipinski definition) is 6. The van der Waals surface area contributed by atoms with Crippen LogP contribution in [0.25, 0.3) is 33.7 Å². The van der Waals surface area contributed by atoms with E-state index >= 15 is 0 Å². The van der Waals surface area contributed by atoms with Crippen molar-refractivity contribution in [2.75, 3.05) is 36.2 Å². The highest BCUT2D eigenvalue weighted by molar-refractivity contribution is 5.99. The molecule has 298 valence electrons. The molecule has 2 aliphatic heterocycles. The molecule has 7 aromatic carbocycles. The molecule has 2 aliphatic carbocycles. The number of fused-ring (bicyclic) bond motifs is 5. The Labute approximate surface area is 351 Å². The van der Waals surface area contributed by atoms with E-state index in [1.807, 2.05) is 0 Å². The van der Waals surface area contributed by atoms with Gasteiger partial charge in [-0.25, -0.2) is 0 Å². The number of anilines is 5. The van der Waals surface area contributed by atoms with Gasteiger partial charge in [0.25, 0.3) is 0 Å². The minimum atomic E-state index is -0.366. The summed E-state index contributed by atoms with van der Waals surface area (Å²) in [4.78, 5) is 4.89. The number of rotatable bonds is 8. The highest BCUT2D eigenvalue weighted by atomic mass is 16.7.